The maximum absolute atomic E-state index is 6.07. The maximum atomic E-state index is 6.07. The third-order valence-electron chi connectivity index (χ3n) is 3.46. The van der Waals surface area contributed by atoms with Gasteiger partial charge in [-0.1, -0.05) is 24.9 Å². The van der Waals surface area contributed by atoms with E-state index in [4.69, 9.17) is 11.6 Å². The van der Waals surface area contributed by atoms with Gasteiger partial charge in [0, 0.05) is 42.3 Å². The Labute approximate surface area is 154 Å². The molecule has 0 fully saturated rings. The zero-order valence-corrected chi connectivity index (χ0v) is 16.2. The van der Waals surface area contributed by atoms with Gasteiger partial charge in [-0.25, -0.2) is 0 Å². The largest absolute Gasteiger partial charge is 0.361 e. The number of rotatable bonds is 6. The molecule has 4 nitrogen and oxygen atoms in total. The molecule has 3 N–H and O–H groups in total. The monoisotopic (exact) mass is 434 g/mol. The molecule has 0 unspecified atom stereocenters. The minimum atomic E-state index is 0. The molecule has 0 spiro atoms. The molecule has 0 aliphatic heterocycles. The quantitative estimate of drug-likeness (QED) is 0.279. The second-order valence-electron chi connectivity index (χ2n) is 5.03. The predicted octanol–water partition coefficient (Wildman–Crippen LogP) is 3.95. The zero-order chi connectivity index (χ0) is 15.1. The number of nitrogens with one attached hydrogen (secondary N) is 3. The summed E-state index contributed by atoms with van der Waals surface area (Å²) >= 11 is 6.07. The van der Waals surface area contributed by atoms with Gasteiger partial charge in [0.15, 0.2) is 5.96 Å². The van der Waals surface area contributed by atoms with E-state index in [9.17, 15) is 0 Å². The lowest BCUT2D eigenvalue weighted by atomic mass is 10.1. The van der Waals surface area contributed by atoms with Gasteiger partial charge in [0.25, 0.3) is 0 Å². The molecule has 1 aromatic heterocycles. The Hall–Kier alpha value is -0.950. The smallest absolute Gasteiger partial charge is 0.190 e. The lowest BCUT2D eigenvalue weighted by molar-refractivity contribution is 0.727. The number of benzene rings is 1. The van der Waals surface area contributed by atoms with Gasteiger partial charge in [-0.15, -0.1) is 24.0 Å². The van der Waals surface area contributed by atoms with Crippen LogP contribution in [-0.4, -0.2) is 31.1 Å². The van der Waals surface area contributed by atoms with Crippen LogP contribution in [0.1, 0.15) is 25.3 Å². The number of halogens is 2. The Bertz CT molecular complexity index is 609. The summed E-state index contributed by atoms with van der Waals surface area (Å²) in [6, 6.07) is 5.93. The molecule has 0 saturated heterocycles. The second kappa shape index (κ2) is 9.94. The number of aromatic amines is 1. The molecule has 6 heteroatoms. The molecule has 2 rings (SSSR count). The van der Waals surface area contributed by atoms with Crippen molar-refractivity contribution < 1.29 is 0 Å². The summed E-state index contributed by atoms with van der Waals surface area (Å²) < 4.78 is 0. The molecule has 2 aromatic rings. The highest BCUT2D eigenvalue weighted by molar-refractivity contribution is 14.0. The fraction of sp³-hybridized carbons (Fsp3) is 0.438. The van der Waals surface area contributed by atoms with Gasteiger partial charge in [0.2, 0.25) is 0 Å². The van der Waals surface area contributed by atoms with Gasteiger partial charge in [-0.2, -0.15) is 0 Å². The Morgan fingerprint density at radius 2 is 2.05 bits per heavy atom. The average Bonchev–Trinajstić information content (AvgIpc) is 2.88. The average molecular weight is 435 g/mol. The van der Waals surface area contributed by atoms with Gasteiger partial charge in [0.05, 0.1) is 0 Å². The van der Waals surface area contributed by atoms with E-state index in [1.165, 1.54) is 17.4 Å². The van der Waals surface area contributed by atoms with Gasteiger partial charge in [-0.3, -0.25) is 4.99 Å². The van der Waals surface area contributed by atoms with E-state index in [0.717, 1.165) is 42.4 Å². The van der Waals surface area contributed by atoms with E-state index in [1.54, 1.807) is 7.05 Å². The number of hydrogen-bond donors (Lipinski definition) is 3. The number of guanidine groups is 1. The summed E-state index contributed by atoms with van der Waals surface area (Å²) in [5, 5.41) is 8.61. The van der Waals surface area contributed by atoms with E-state index >= 15 is 0 Å². The highest BCUT2D eigenvalue weighted by Gasteiger charge is 2.04. The first-order valence-electron chi connectivity index (χ1n) is 7.44. The molecule has 0 radical (unpaired) electrons. The van der Waals surface area contributed by atoms with E-state index in [-0.39, 0.29) is 24.0 Å². The minimum absolute atomic E-state index is 0. The van der Waals surface area contributed by atoms with Crippen molar-refractivity contribution in [1.29, 1.82) is 0 Å². The van der Waals surface area contributed by atoms with Crippen LogP contribution >= 0.6 is 35.6 Å². The molecule has 0 amide bonds. The van der Waals surface area contributed by atoms with Crippen LogP contribution < -0.4 is 10.6 Å². The summed E-state index contributed by atoms with van der Waals surface area (Å²) in [7, 11) is 1.80. The van der Waals surface area contributed by atoms with Crippen LogP contribution in [0.2, 0.25) is 5.02 Å². The summed E-state index contributed by atoms with van der Waals surface area (Å²) in [5.74, 6) is 0.862. The van der Waals surface area contributed by atoms with Gasteiger partial charge in [0.1, 0.15) is 0 Å². The number of hydrogen-bond acceptors (Lipinski definition) is 1. The first-order valence-corrected chi connectivity index (χ1v) is 7.82. The number of aliphatic imine (C=N–C) groups is 1. The normalized spacial score (nSPS) is 11.3. The molecule has 0 saturated carbocycles. The lowest BCUT2D eigenvalue weighted by Crippen LogP contribution is -2.38. The SMILES string of the molecule is CCCCNC(=NC)NCCc1c[nH]c2ccc(Cl)cc12.I. The molecule has 0 atom stereocenters. The van der Waals surface area contributed by atoms with Crippen molar-refractivity contribution in [1.82, 2.24) is 15.6 Å². The highest BCUT2D eigenvalue weighted by Crippen LogP contribution is 2.22. The molecular weight excluding hydrogens is 411 g/mol. The van der Waals surface area contributed by atoms with Gasteiger partial charge in [-0.05, 0) is 36.6 Å². The third-order valence-corrected chi connectivity index (χ3v) is 3.70. The van der Waals surface area contributed by atoms with Gasteiger partial charge < -0.3 is 15.6 Å². The molecular formula is C16H24ClIN4. The van der Waals surface area contributed by atoms with Crippen LogP contribution in [0.5, 0.6) is 0 Å². The van der Waals surface area contributed by atoms with Crippen LogP contribution in [-0.2, 0) is 6.42 Å². The lowest BCUT2D eigenvalue weighted by Gasteiger charge is -2.11. The van der Waals surface area contributed by atoms with E-state index < -0.39 is 0 Å². The fourth-order valence-electron chi connectivity index (χ4n) is 2.28. The second-order valence-corrected chi connectivity index (χ2v) is 5.47. The maximum Gasteiger partial charge on any atom is 0.190 e. The van der Waals surface area contributed by atoms with Gasteiger partial charge >= 0.3 is 0 Å². The van der Waals surface area contributed by atoms with Crippen LogP contribution in [0.3, 0.4) is 0 Å². The molecule has 1 heterocycles. The fourth-order valence-corrected chi connectivity index (χ4v) is 2.45. The third kappa shape index (κ3) is 5.35. The number of unbranched alkanes of at least 4 members (excludes halogenated alkanes) is 1. The summed E-state index contributed by atoms with van der Waals surface area (Å²) in [4.78, 5) is 7.50. The summed E-state index contributed by atoms with van der Waals surface area (Å²) in [6.07, 6.45) is 5.31. The Balaban J connectivity index is 0.00000242. The molecule has 0 aliphatic rings. The molecule has 122 valence electrons. The van der Waals surface area contributed by atoms with Crippen molar-refractivity contribution in [2.24, 2.45) is 4.99 Å². The van der Waals surface area contributed by atoms with E-state index in [2.05, 4.69) is 33.7 Å². The summed E-state index contributed by atoms with van der Waals surface area (Å²) in [5.41, 5.74) is 2.39. The summed E-state index contributed by atoms with van der Waals surface area (Å²) in [6.45, 7) is 3.98. The molecule has 0 bridgehead atoms. The minimum Gasteiger partial charge on any atom is -0.361 e. The first-order chi connectivity index (χ1) is 10.2. The number of nitrogens with zero attached hydrogens (tertiary/aromatic N) is 1. The topological polar surface area (TPSA) is 52.2 Å². The van der Waals surface area contributed by atoms with Crippen molar-refractivity contribution in [3.05, 3.63) is 35.0 Å². The predicted molar refractivity (Wildman–Crippen MR) is 107 cm³/mol. The first kappa shape index (κ1) is 19.1. The molecule has 22 heavy (non-hydrogen) atoms. The van der Waals surface area contributed by atoms with Crippen molar-refractivity contribution in [2.75, 3.05) is 20.1 Å². The van der Waals surface area contributed by atoms with Crippen molar-refractivity contribution in [2.45, 2.75) is 26.2 Å². The van der Waals surface area contributed by atoms with Crippen molar-refractivity contribution in [3.8, 4) is 0 Å². The Kier molecular flexibility index (Phi) is 8.63. The highest BCUT2D eigenvalue weighted by atomic mass is 127. The number of fused-ring (bicyclic) bond motifs is 1. The molecule has 0 aliphatic carbocycles. The van der Waals surface area contributed by atoms with Crippen LogP contribution in [0, 0.1) is 0 Å². The van der Waals surface area contributed by atoms with Crippen LogP contribution in [0.25, 0.3) is 10.9 Å². The van der Waals surface area contributed by atoms with Crippen LogP contribution in [0.15, 0.2) is 29.4 Å². The Morgan fingerprint density at radius 1 is 1.27 bits per heavy atom. The number of aromatic nitrogens is 1. The molecule has 1 aromatic carbocycles. The van der Waals surface area contributed by atoms with Crippen LogP contribution in [0.4, 0.5) is 0 Å². The zero-order valence-electron chi connectivity index (χ0n) is 13.1. The van der Waals surface area contributed by atoms with Crippen molar-refractivity contribution in [3.63, 3.8) is 0 Å². The Morgan fingerprint density at radius 3 is 2.77 bits per heavy atom. The van der Waals surface area contributed by atoms with E-state index in [1.807, 2.05) is 18.2 Å². The van der Waals surface area contributed by atoms with Crippen molar-refractivity contribution >= 4 is 52.4 Å². The standard InChI is InChI=1S/C16H23ClN4.HI/c1-3-4-8-19-16(18-2)20-9-7-12-11-21-15-6-5-13(17)10-14(12)15;/h5-6,10-11,21H,3-4,7-9H2,1-2H3,(H2,18,19,20);1H. The van der Waals surface area contributed by atoms with E-state index in [0.29, 0.717) is 0 Å². The number of H-pyrrole nitrogens is 1.